The highest BCUT2D eigenvalue weighted by Crippen LogP contribution is 2.47. The van der Waals surface area contributed by atoms with Crippen molar-refractivity contribution in [1.29, 1.82) is 0 Å². The van der Waals surface area contributed by atoms with Crippen molar-refractivity contribution in [2.45, 2.75) is 23.9 Å². The fourth-order valence-corrected chi connectivity index (χ4v) is 2.35. The summed E-state index contributed by atoms with van der Waals surface area (Å²) in [6.45, 7) is -0.918. The van der Waals surface area contributed by atoms with E-state index in [0.717, 1.165) is 6.20 Å². The summed E-state index contributed by atoms with van der Waals surface area (Å²) < 4.78 is 34.2. The molecule has 11 heteroatoms. The first kappa shape index (κ1) is 15.9. The number of nitrogen functional groups attached to an aromatic ring is 1. The summed E-state index contributed by atoms with van der Waals surface area (Å²) in [5, 5.41) is 30.6. The number of anilines is 1. The topological polar surface area (TPSA) is 126 Å². The van der Waals surface area contributed by atoms with Crippen LogP contribution in [0.1, 0.15) is 6.23 Å². The van der Waals surface area contributed by atoms with E-state index in [1.54, 1.807) is 0 Å². The first-order valence-electron chi connectivity index (χ1n) is 5.75. The SMILES string of the molecule is Nc1ccn([C@@H]2O[C@@](CO)(CCl)[C@@H](O)C2(F)F)/c(=N/O)n1. The molecule has 1 aromatic rings. The summed E-state index contributed by atoms with van der Waals surface area (Å²) in [7, 11) is 0. The largest absolute Gasteiger partial charge is 0.408 e. The molecular weight excluding hydrogens is 314 g/mol. The van der Waals surface area contributed by atoms with E-state index >= 15 is 0 Å². The van der Waals surface area contributed by atoms with Gasteiger partial charge in [-0.1, -0.05) is 0 Å². The van der Waals surface area contributed by atoms with E-state index in [9.17, 15) is 19.0 Å². The van der Waals surface area contributed by atoms with E-state index in [1.807, 2.05) is 0 Å². The van der Waals surface area contributed by atoms with Gasteiger partial charge in [0.05, 0.1) is 12.5 Å². The predicted molar refractivity (Wildman–Crippen MR) is 65.6 cm³/mol. The third-order valence-electron chi connectivity index (χ3n) is 3.24. The molecule has 8 nitrogen and oxygen atoms in total. The van der Waals surface area contributed by atoms with Crippen LogP contribution in [-0.2, 0) is 4.74 Å². The van der Waals surface area contributed by atoms with Crippen LogP contribution in [0.15, 0.2) is 17.4 Å². The van der Waals surface area contributed by atoms with Gasteiger partial charge in [-0.2, -0.15) is 13.8 Å². The number of aromatic nitrogens is 2. The van der Waals surface area contributed by atoms with Gasteiger partial charge in [-0.15, -0.1) is 11.6 Å². The zero-order chi connectivity index (χ0) is 15.8. The third kappa shape index (κ3) is 2.33. The number of hydrogen-bond acceptors (Lipinski definition) is 7. The number of rotatable bonds is 3. The van der Waals surface area contributed by atoms with Crippen molar-refractivity contribution >= 4 is 17.4 Å². The van der Waals surface area contributed by atoms with Gasteiger partial charge in [0.15, 0.2) is 6.10 Å². The molecule has 0 bridgehead atoms. The number of nitrogens with zero attached hydrogens (tertiary/aromatic N) is 3. The molecule has 5 N–H and O–H groups in total. The van der Waals surface area contributed by atoms with Crippen LogP contribution in [0, 0.1) is 0 Å². The Bertz CT molecular complexity index is 593. The lowest BCUT2D eigenvalue weighted by Crippen LogP contribution is -2.50. The Morgan fingerprint density at radius 3 is 2.71 bits per heavy atom. The molecule has 2 rings (SSSR count). The Hall–Kier alpha value is -1.49. The third-order valence-corrected chi connectivity index (χ3v) is 3.69. The quantitative estimate of drug-likeness (QED) is 0.329. The molecule has 118 valence electrons. The average Bonchev–Trinajstić information content (AvgIpc) is 2.68. The molecule has 0 unspecified atom stereocenters. The maximum Gasteiger partial charge on any atom is 0.320 e. The lowest BCUT2D eigenvalue weighted by atomic mass is 9.97. The van der Waals surface area contributed by atoms with Crippen LogP contribution in [0.4, 0.5) is 14.6 Å². The molecule has 1 fully saturated rings. The molecule has 0 saturated carbocycles. The highest BCUT2D eigenvalue weighted by atomic mass is 35.5. The molecule has 1 saturated heterocycles. The Balaban J connectivity index is 2.55. The molecule has 1 aromatic heterocycles. The van der Waals surface area contributed by atoms with Crippen LogP contribution in [-0.4, -0.2) is 55.1 Å². The average molecular weight is 327 g/mol. The van der Waals surface area contributed by atoms with Gasteiger partial charge < -0.3 is 25.9 Å². The van der Waals surface area contributed by atoms with Gasteiger partial charge in [0, 0.05) is 6.20 Å². The number of aliphatic hydroxyl groups excluding tert-OH is 2. The van der Waals surface area contributed by atoms with E-state index in [0.29, 0.717) is 4.57 Å². The molecule has 21 heavy (non-hydrogen) atoms. The number of ether oxygens (including phenoxy) is 1. The highest BCUT2D eigenvalue weighted by Gasteiger charge is 2.66. The van der Waals surface area contributed by atoms with E-state index in [4.69, 9.17) is 27.3 Å². The molecule has 0 aromatic carbocycles. The van der Waals surface area contributed by atoms with Crippen molar-refractivity contribution in [3.05, 3.63) is 17.9 Å². The monoisotopic (exact) mass is 326 g/mol. The van der Waals surface area contributed by atoms with Gasteiger partial charge in [-0.05, 0) is 11.2 Å². The van der Waals surface area contributed by atoms with Crippen molar-refractivity contribution in [2.75, 3.05) is 18.2 Å². The second kappa shape index (κ2) is 5.37. The lowest BCUT2D eigenvalue weighted by molar-refractivity contribution is -0.144. The predicted octanol–water partition coefficient (Wildman–Crippen LogP) is -0.750. The summed E-state index contributed by atoms with van der Waals surface area (Å²) in [6, 6.07) is 1.18. The smallest absolute Gasteiger partial charge is 0.320 e. The van der Waals surface area contributed by atoms with E-state index in [1.165, 1.54) is 6.07 Å². The van der Waals surface area contributed by atoms with Crippen LogP contribution in [0.3, 0.4) is 0 Å². The van der Waals surface area contributed by atoms with Crippen LogP contribution in [0.2, 0.25) is 0 Å². The van der Waals surface area contributed by atoms with Gasteiger partial charge in [0.25, 0.3) is 5.62 Å². The van der Waals surface area contributed by atoms with Crippen LogP contribution in [0.5, 0.6) is 0 Å². The molecule has 0 amide bonds. The molecule has 2 heterocycles. The minimum Gasteiger partial charge on any atom is -0.408 e. The zero-order valence-electron chi connectivity index (χ0n) is 10.5. The van der Waals surface area contributed by atoms with E-state index < -0.39 is 42.0 Å². The number of alkyl halides is 3. The van der Waals surface area contributed by atoms with E-state index in [-0.39, 0.29) is 5.82 Å². The summed E-state index contributed by atoms with van der Waals surface area (Å²) in [4.78, 5) is 3.56. The van der Waals surface area contributed by atoms with Crippen LogP contribution in [0.25, 0.3) is 0 Å². The normalized spacial score (nSPS) is 32.5. The Labute approximate surface area is 122 Å². The maximum atomic E-state index is 14.2. The zero-order valence-corrected chi connectivity index (χ0v) is 11.3. The lowest BCUT2D eigenvalue weighted by Gasteiger charge is -2.26. The van der Waals surface area contributed by atoms with Gasteiger partial charge in [-0.25, -0.2) is 0 Å². The van der Waals surface area contributed by atoms with Gasteiger partial charge in [0.1, 0.15) is 11.4 Å². The van der Waals surface area contributed by atoms with Gasteiger partial charge in [-0.3, -0.25) is 4.57 Å². The maximum absolute atomic E-state index is 14.2. The second-order valence-corrected chi connectivity index (χ2v) is 4.83. The van der Waals surface area contributed by atoms with Crippen molar-refractivity contribution in [3.63, 3.8) is 0 Å². The van der Waals surface area contributed by atoms with Crippen molar-refractivity contribution in [3.8, 4) is 0 Å². The van der Waals surface area contributed by atoms with E-state index in [2.05, 4.69) is 10.1 Å². The summed E-state index contributed by atoms with van der Waals surface area (Å²) in [5.74, 6) is -4.43. The van der Waals surface area contributed by atoms with Gasteiger partial charge >= 0.3 is 5.92 Å². The van der Waals surface area contributed by atoms with Crippen LogP contribution < -0.4 is 11.4 Å². The molecule has 1 aliphatic heterocycles. The minimum absolute atomic E-state index is 0.0633. The minimum atomic E-state index is -3.81. The number of nitrogens with two attached hydrogens (primary N) is 1. The Morgan fingerprint density at radius 1 is 1.57 bits per heavy atom. The first-order chi connectivity index (χ1) is 9.82. The fourth-order valence-electron chi connectivity index (χ4n) is 2.05. The number of halogens is 3. The Morgan fingerprint density at radius 2 is 2.24 bits per heavy atom. The molecule has 0 radical (unpaired) electrons. The van der Waals surface area contributed by atoms with Crippen molar-refractivity contribution in [2.24, 2.45) is 5.16 Å². The first-order valence-corrected chi connectivity index (χ1v) is 6.29. The number of hydrogen-bond donors (Lipinski definition) is 4. The standard InChI is InChI=1S/C10H13ClF2N4O4/c11-3-9(4-18)6(19)10(12,13)7(21-9)17-2-1-5(14)15-8(17)16-20/h1-2,6-7,18-20H,3-4H2,(H2,14,15,16)/t6-,7-,9-/m1/s1. The second-order valence-electron chi connectivity index (χ2n) is 4.56. The molecular formula is C10H13ClF2N4O4. The molecule has 1 aliphatic rings. The molecule has 3 atom stereocenters. The summed E-state index contributed by atoms with van der Waals surface area (Å²) >= 11 is 5.54. The van der Waals surface area contributed by atoms with Crippen LogP contribution >= 0.6 is 11.6 Å². The molecule has 0 spiro atoms. The molecule has 0 aliphatic carbocycles. The number of aliphatic hydroxyl groups is 2. The van der Waals surface area contributed by atoms with Crippen molar-refractivity contribution in [1.82, 2.24) is 9.55 Å². The Kier molecular flexibility index (Phi) is 4.06. The highest BCUT2D eigenvalue weighted by molar-refractivity contribution is 6.18. The van der Waals surface area contributed by atoms with Gasteiger partial charge in [0.2, 0.25) is 6.23 Å². The summed E-state index contributed by atoms with van der Waals surface area (Å²) in [6.07, 6.45) is -3.36. The van der Waals surface area contributed by atoms with Crippen molar-refractivity contribution < 1.29 is 28.9 Å². The summed E-state index contributed by atoms with van der Waals surface area (Å²) in [5.41, 5.74) is 2.78. The fraction of sp³-hybridized carbons (Fsp3) is 0.600.